The van der Waals surface area contributed by atoms with Gasteiger partial charge in [0, 0.05) is 18.5 Å². The summed E-state index contributed by atoms with van der Waals surface area (Å²) in [6.07, 6.45) is 2.49. The molecule has 1 N–H and O–H groups in total. The Balaban J connectivity index is 1.99. The van der Waals surface area contributed by atoms with Gasteiger partial charge in [-0.1, -0.05) is 6.07 Å². The Morgan fingerprint density at radius 1 is 1.41 bits per heavy atom. The van der Waals surface area contributed by atoms with E-state index in [0.717, 1.165) is 31.0 Å². The second-order valence-corrected chi connectivity index (χ2v) is 5.03. The van der Waals surface area contributed by atoms with Gasteiger partial charge in [-0.2, -0.15) is 0 Å². The minimum absolute atomic E-state index is 0.274. The quantitative estimate of drug-likeness (QED) is 0.848. The summed E-state index contributed by atoms with van der Waals surface area (Å²) in [5.41, 5.74) is 2.70. The average molecular weight is 233 g/mol. The van der Waals surface area contributed by atoms with Gasteiger partial charge < -0.3 is 14.8 Å². The first kappa shape index (κ1) is 10.9. The summed E-state index contributed by atoms with van der Waals surface area (Å²) in [7, 11) is 1.72. The van der Waals surface area contributed by atoms with Crippen LogP contribution in [0.15, 0.2) is 12.1 Å². The van der Waals surface area contributed by atoms with Crippen LogP contribution in [-0.2, 0) is 6.42 Å². The molecule has 2 aliphatic heterocycles. The van der Waals surface area contributed by atoms with Gasteiger partial charge in [-0.15, -0.1) is 0 Å². The van der Waals surface area contributed by atoms with Gasteiger partial charge in [-0.3, -0.25) is 0 Å². The van der Waals surface area contributed by atoms with Crippen LogP contribution in [-0.4, -0.2) is 26.3 Å². The van der Waals surface area contributed by atoms with Crippen molar-refractivity contribution in [1.29, 1.82) is 0 Å². The molecule has 0 radical (unpaired) electrons. The van der Waals surface area contributed by atoms with Gasteiger partial charge in [0.15, 0.2) is 11.5 Å². The van der Waals surface area contributed by atoms with Gasteiger partial charge >= 0.3 is 0 Å². The number of benzene rings is 1. The lowest BCUT2D eigenvalue weighted by Gasteiger charge is -2.14. The molecule has 3 rings (SSSR count). The zero-order valence-electron chi connectivity index (χ0n) is 10.5. The summed E-state index contributed by atoms with van der Waals surface area (Å²) in [4.78, 5) is 0. The van der Waals surface area contributed by atoms with Crippen LogP contribution in [0.2, 0.25) is 0 Å². The van der Waals surface area contributed by atoms with Crippen molar-refractivity contribution in [3.05, 3.63) is 23.3 Å². The van der Waals surface area contributed by atoms with Crippen LogP contribution in [0, 0.1) is 0 Å². The molecular formula is C14H19NO2. The summed E-state index contributed by atoms with van der Waals surface area (Å²) in [6, 6.07) is 4.45. The number of methoxy groups -OCH3 is 1. The third kappa shape index (κ3) is 1.89. The van der Waals surface area contributed by atoms with Crippen LogP contribution >= 0.6 is 0 Å². The van der Waals surface area contributed by atoms with Crippen molar-refractivity contribution in [2.24, 2.45) is 0 Å². The summed E-state index contributed by atoms with van der Waals surface area (Å²) >= 11 is 0. The summed E-state index contributed by atoms with van der Waals surface area (Å²) in [5, 5.41) is 3.41. The second-order valence-electron chi connectivity index (χ2n) is 5.03. The highest BCUT2D eigenvalue weighted by Gasteiger charge is 2.26. The average Bonchev–Trinajstić information content (AvgIpc) is 2.94. The highest BCUT2D eigenvalue weighted by atomic mass is 16.5. The van der Waals surface area contributed by atoms with E-state index >= 15 is 0 Å². The van der Waals surface area contributed by atoms with Gasteiger partial charge in [-0.25, -0.2) is 0 Å². The van der Waals surface area contributed by atoms with E-state index in [0.29, 0.717) is 5.92 Å². The lowest BCUT2D eigenvalue weighted by atomic mass is 9.95. The normalized spacial score (nSPS) is 26.7. The number of nitrogens with one attached hydrogen (secondary N) is 1. The molecule has 1 aromatic rings. The molecular weight excluding hydrogens is 214 g/mol. The molecule has 92 valence electrons. The molecule has 1 aromatic carbocycles. The van der Waals surface area contributed by atoms with Crippen LogP contribution < -0.4 is 14.8 Å². The zero-order valence-corrected chi connectivity index (χ0v) is 10.5. The molecule has 0 amide bonds. The molecule has 2 unspecified atom stereocenters. The maximum atomic E-state index is 5.81. The van der Waals surface area contributed by atoms with Crippen LogP contribution in [0.25, 0.3) is 0 Å². The Morgan fingerprint density at radius 3 is 3.00 bits per heavy atom. The maximum Gasteiger partial charge on any atom is 0.164 e. The zero-order chi connectivity index (χ0) is 11.8. The van der Waals surface area contributed by atoms with Crippen molar-refractivity contribution in [3.8, 4) is 11.5 Å². The molecule has 2 heterocycles. The SMILES string of the molecule is COc1cc(C2CCNC2)cc2c1OC(C)C2. The standard InChI is InChI=1S/C14H19NO2/c1-9-5-12-6-11(10-3-4-15-8-10)7-13(16-2)14(12)17-9/h6-7,9-10,15H,3-5,8H2,1-2H3. The molecule has 2 atom stereocenters. The molecule has 0 saturated carbocycles. The van der Waals surface area contributed by atoms with Gasteiger partial charge in [0.25, 0.3) is 0 Å². The minimum atomic E-state index is 0.274. The van der Waals surface area contributed by atoms with E-state index in [-0.39, 0.29) is 6.10 Å². The Kier molecular flexibility index (Phi) is 2.71. The summed E-state index contributed by atoms with van der Waals surface area (Å²) < 4.78 is 11.3. The van der Waals surface area contributed by atoms with Crippen LogP contribution in [0.5, 0.6) is 11.5 Å². The molecule has 1 fully saturated rings. The summed E-state index contributed by atoms with van der Waals surface area (Å²) in [5.74, 6) is 2.48. The lowest BCUT2D eigenvalue weighted by Crippen LogP contribution is -2.08. The highest BCUT2D eigenvalue weighted by molar-refractivity contribution is 5.52. The molecule has 1 saturated heterocycles. The number of ether oxygens (including phenoxy) is 2. The van der Waals surface area contributed by atoms with Crippen LogP contribution in [0.1, 0.15) is 30.4 Å². The lowest BCUT2D eigenvalue weighted by molar-refractivity contribution is 0.243. The predicted octanol–water partition coefficient (Wildman–Crippen LogP) is 2.10. The molecule has 2 aliphatic rings. The van der Waals surface area contributed by atoms with Gasteiger partial charge in [0.1, 0.15) is 6.10 Å². The molecule has 0 spiro atoms. The van der Waals surface area contributed by atoms with Crippen molar-refractivity contribution in [3.63, 3.8) is 0 Å². The third-order valence-electron chi connectivity index (χ3n) is 3.73. The van der Waals surface area contributed by atoms with E-state index in [1.54, 1.807) is 7.11 Å². The highest BCUT2D eigenvalue weighted by Crippen LogP contribution is 2.41. The number of hydrogen-bond acceptors (Lipinski definition) is 3. The van der Waals surface area contributed by atoms with Crippen molar-refractivity contribution in [2.75, 3.05) is 20.2 Å². The van der Waals surface area contributed by atoms with E-state index in [1.165, 1.54) is 17.5 Å². The van der Waals surface area contributed by atoms with Gasteiger partial charge in [-0.05, 0) is 37.4 Å². The topological polar surface area (TPSA) is 30.5 Å². The van der Waals surface area contributed by atoms with Crippen molar-refractivity contribution in [2.45, 2.75) is 31.8 Å². The van der Waals surface area contributed by atoms with Gasteiger partial charge in [0.05, 0.1) is 7.11 Å². The molecule has 0 aliphatic carbocycles. The maximum absolute atomic E-state index is 5.81. The van der Waals surface area contributed by atoms with Crippen molar-refractivity contribution < 1.29 is 9.47 Å². The number of rotatable bonds is 2. The monoisotopic (exact) mass is 233 g/mol. The Morgan fingerprint density at radius 2 is 2.29 bits per heavy atom. The van der Waals surface area contributed by atoms with Gasteiger partial charge in [0.2, 0.25) is 0 Å². The molecule has 3 heteroatoms. The molecule has 3 nitrogen and oxygen atoms in total. The fourth-order valence-corrected chi connectivity index (χ4v) is 2.85. The smallest absolute Gasteiger partial charge is 0.164 e. The van der Waals surface area contributed by atoms with Crippen molar-refractivity contribution in [1.82, 2.24) is 5.32 Å². The van der Waals surface area contributed by atoms with Crippen LogP contribution in [0.4, 0.5) is 0 Å². The number of hydrogen-bond donors (Lipinski definition) is 1. The largest absolute Gasteiger partial charge is 0.493 e. The molecule has 0 aromatic heterocycles. The molecule has 17 heavy (non-hydrogen) atoms. The first-order valence-electron chi connectivity index (χ1n) is 6.36. The van der Waals surface area contributed by atoms with E-state index in [2.05, 4.69) is 24.4 Å². The third-order valence-corrected chi connectivity index (χ3v) is 3.73. The van der Waals surface area contributed by atoms with E-state index in [1.807, 2.05) is 0 Å². The molecule has 0 bridgehead atoms. The first-order chi connectivity index (χ1) is 8.28. The van der Waals surface area contributed by atoms with E-state index in [4.69, 9.17) is 9.47 Å². The number of fused-ring (bicyclic) bond motifs is 1. The summed E-state index contributed by atoms with van der Waals surface area (Å²) in [6.45, 7) is 4.31. The Bertz CT molecular complexity index is 424. The predicted molar refractivity (Wildman–Crippen MR) is 67.0 cm³/mol. The van der Waals surface area contributed by atoms with Crippen LogP contribution in [0.3, 0.4) is 0 Å². The van der Waals surface area contributed by atoms with Crippen molar-refractivity contribution >= 4 is 0 Å². The van der Waals surface area contributed by atoms with E-state index < -0.39 is 0 Å². The Labute approximate surface area is 102 Å². The minimum Gasteiger partial charge on any atom is -0.493 e. The fraction of sp³-hybridized carbons (Fsp3) is 0.571. The van der Waals surface area contributed by atoms with E-state index in [9.17, 15) is 0 Å². The first-order valence-corrected chi connectivity index (χ1v) is 6.36. The fourth-order valence-electron chi connectivity index (χ4n) is 2.85. The second kappa shape index (κ2) is 4.22. The Hall–Kier alpha value is -1.22.